The molecule has 0 fully saturated rings. The highest BCUT2D eigenvalue weighted by atomic mass is 32.2. The molecule has 0 aliphatic rings. The van der Waals surface area contributed by atoms with Crippen LogP contribution in [0.25, 0.3) is 22.3 Å². The van der Waals surface area contributed by atoms with Gasteiger partial charge in [-0.15, -0.1) is 0 Å². The smallest absolute Gasteiger partial charge is 0.399 e. The molecule has 0 aliphatic carbocycles. The van der Waals surface area contributed by atoms with E-state index < -0.39 is 16.2 Å². The van der Waals surface area contributed by atoms with E-state index >= 15 is 0 Å². The Morgan fingerprint density at radius 3 is 1.09 bits per heavy atom. The summed E-state index contributed by atoms with van der Waals surface area (Å²) < 4.78 is 49.6. The first kappa shape index (κ1) is 25.5. The number of anilines is 2. The maximum atomic E-state index is 10.6. The summed E-state index contributed by atoms with van der Waals surface area (Å²) in [7, 11) is -4.24. The molecule has 33 heavy (non-hydrogen) atoms. The monoisotopic (exact) mass is 472 g/mol. The van der Waals surface area contributed by atoms with Gasteiger partial charge in [0.2, 0.25) is 10.7 Å². The topological polar surface area (TPSA) is 86.2 Å². The van der Waals surface area contributed by atoms with Crippen LogP contribution in [-0.2, 0) is 10.7 Å². The van der Waals surface area contributed by atoms with Crippen molar-refractivity contribution in [2.75, 3.05) is 11.5 Å². The minimum absolute atomic E-state index is 0.768. The zero-order valence-corrected chi connectivity index (χ0v) is 18.3. The van der Waals surface area contributed by atoms with Crippen LogP contribution >= 0.6 is 0 Å². The van der Waals surface area contributed by atoms with E-state index in [9.17, 15) is 13.2 Å². The molecule has 0 heterocycles. The fourth-order valence-electron chi connectivity index (χ4n) is 2.70. The summed E-state index contributed by atoms with van der Waals surface area (Å²) in [6, 6.07) is 36.3. The fourth-order valence-corrected chi connectivity index (χ4v) is 2.70. The minimum atomic E-state index is -5.05. The molecule has 0 atom stereocenters. The Kier molecular flexibility index (Phi) is 9.50. The molecular weight excluding hydrogens is 449 g/mol. The molecule has 4 aromatic carbocycles. The van der Waals surface area contributed by atoms with E-state index in [0.717, 1.165) is 22.5 Å². The van der Waals surface area contributed by atoms with Crippen molar-refractivity contribution in [2.45, 2.75) is 5.51 Å². The van der Waals surface area contributed by atoms with Gasteiger partial charge in [0.25, 0.3) is 0 Å². The number of alkyl halides is 3. The molecule has 0 saturated heterocycles. The SMILES string of the molecule is Nc1cccc(-c2cccc(N)c2)c1.O=[SH](=O)C(F)(F)F.c1ccc(-c2ccccc2)cc1. The van der Waals surface area contributed by atoms with E-state index in [1.807, 2.05) is 60.7 Å². The maximum Gasteiger partial charge on any atom is 0.494 e. The molecule has 4 N–H and O–H groups in total. The van der Waals surface area contributed by atoms with Gasteiger partial charge in [-0.2, -0.15) is 13.2 Å². The third-order valence-electron chi connectivity index (χ3n) is 4.19. The van der Waals surface area contributed by atoms with Crippen molar-refractivity contribution in [2.24, 2.45) is 0 Å². The fraction of sp³-hybridized carbons (Fsp3) is 0.0400. The molecule has 4 rings (SSSR count). The molecule has 172 valence electrons. The average Bonchev–Trinajstić information content (AvgIpc) is 2.80. The van der Waals surface area contributed by atoms with E-state index in [1.54, 1.807) is 0 Å². The van der Waals surface area contributed by atoms with Gasteiger partial charge in [0.05, 0.1) is 0 Å². The van der Waals surface area contributed by atoms with Gasteiger partial charge in [0.1, 0.15) is 0 Å². The van der Waals surface area contributed by atoms with Crippen LogP contribution in [0, 0.1) is 0 Å². The van der Waals surface area contributed by atoms with Crippen molar-refractivity contribution < 1.29 is 21.6 Å². The van der Waals surface area contributed by atoms with Crippen molar-refractivity contribution in [3.05, 3.63) is 109 Å². The number of rotatable bonds is 2. The third kappa shape index (κ3) is 9.08. The first-order valence-electron chi connectivity index (χ1n) is 9.70. The van der Waals surface area contributed by atoms with Crippen LogP contribution in [0.4, 0.5) is 24.5 Å². The zero-order chi connectivity index (χ0) is 24.3. The van der Waals surface area contributed by atoms with Gasteiger partial charge in [0.15, 0.2) is 0 Å². The maximum absolute atomic E-state index is 10.6. The zero-order valence-electron chi connectivity index (χ0n) is 17.4. The quantitative estimate of drug-likeness (QED) is 0.247. The highest BCUT2D eigenvalue weighted by Crippen LogP contribution is 2.23. The number of nitrogen functional groups attached to an aromatic ring is 2. The first-order valence-corrected chi connectivity index (χ1v) is 10.9. The molecule has 0 bridgehead atoms. The van der Waals surface area contributed by atoms with Gasteiger partial charge >= 0.3 is 5.51 Å². The molecule has 8 heteroatoms. The van der Waals surface area contributed by atoms with E-state index in [1.165, 1.54) is 11.1 Å². The predicted octanol–water partition coefficient (Wildman–Crippen LogP) is 5.99. The number of benzene rings is 4. The summed E-state index contributed by atoms with van der Waals surface area (Å²) in [4.78, 5) is 0. The van der Waals surface area contributed by atoms with Gasteiger partial charge in [-0.3, -0.25) is 0 Å². The van der Waals surface area contributed by atoms with E-state index in [0.29, 0.717) is 0 Å². The molecule has 0 aromatic heterocycles. The van der Waals surface area contributed by atoms with Gasteiger partial charge < -0.3 is 11.5 Å². The lowest BCUT2D eigenvalue weighted by Gasteiger charge is -2.03. The highest BCUT2D eigenvalue weighted by Gasteiger charge is 2.31. The van der Waals surface area contributed by atoms with Crippen molar-refractivity contribution >= 4 is 22.1 Å². The van der Waals surface area contributed by atoms with Crippen LogP contribution in [0.5, 0.6) is 0 Å². The number of thiol groups is 1. The van der Waals surface area contributed by atoms with Crippen LogP contribution in [-0.4, -0.2) is 13.9 Å². The van der Waals surface area contributed by atoms with Crippen LogP contribution < -0.4 is 11.5 Å². The molecule has 4 nitrogen and oxygen atoms in total. The van der Waals surface area contributed by atoms with Gasteiger partial charge in [-0.05, 0) is 46.5 Å². The van der Waals surface area contributed by atoms with Gasteiger partial charge in [-0.25, -0.2) is 8.42 Å². The van der Waals surface area contributed by atoms with E-state index in [2.05, 4.69) is 48.5 Å². The number of nitrogens with two attached hydrogens (primary N) is 2. The predicted molar refractivity (Wildman–Crippen MR) is 129 cm³/mol. The Morgan fingerprint density at radius 2 is 0.818 bits per heavy atom. The lowest BCUT2D eigenvalue weighted by atomic mass is 10.0. The minimum Gasteiger partial charge on any atom is -0.399 e. The largest absolute Gasteiger partial charge is 0.494 e. The van der Waals surface area contributed by atoms with E-state index in [4.69, 9.17) is 19.9 Å². The van der Waals surface area contributed by atoms with Crippen LogP contribution in [0.1, 0.15) is 0 Å². The molecule has 0 unspecified atom stereocenters. The Labute approximate surface area is 192 Å². The summed E-state index contributed by atoms with van der Waals surface area (Å²) in [5.74, 6) is 0. The third-order valence-corrected chi connectivity index (χ3v) is 4.61. The lowest BCUT2D eigenvalue weighted by Crippen LogP contribution is -2.07. The molecule has 0 radical (unpaired) electrons. The summed E-state index contributed by atoms with van der Waals surface area (Å²) in [6.07, 6.45) is 0. The number of hydrogen-bond acceptors (Lipinski definition) is 4. The van der Waals surface area contributed by atoms with Crippen molar-refractivity contribution in [3.63, 3.8) is 0 Å². The Balaban J connectivity index is 0.000000186. The number of halogens is 3. The molecule has 0 saturated carbocycles. The van der Waals surface area contributed by atoms with Gasteiger partial charge in [0, 0.05) is 11.4 Å². The molecule has 4 aromatic rings. The normalized spacial score (nSPS) is 10.4. The summed E-state index contributed by atoms with van der Waals surface area (Å²) in [6.45, 7) is 0. The highest BCUT2D eigenvalue weighted by molar-refractivity contribution is 7.73. The second-order valence-electron chi connectivity index (χ2n) is 6.71. The Morgan fingerprint density at radius 1 is 0.515 bits per heavy atom. The van der Waals surface area contributed by atoms with E-state index in [-0.39, 0.29) is 0 Å². The standard InChI is InChI=1S/C12H12N2.C12H10.CHF3O2S/c13-11-5-1-3-9(7-11)10-4-2-6-12(14)8-10;1-3-7-11(8-4-1)12-9-5-2-6-10-12;2-1(3,4)7(5)6/h1-8H,13-14H2;1-10H;7H. The summed E-state index contributed by atoms with van der Waals surface area (Å²) >= 11 is 0. The summed E-state index contributed by atoms with van der Waals surface area (Å²) in [5.41, 5.74) is 12.6. The van der Waals surface area contributed by atoms with Gasteiger partial charge in [-0.1, -0.05) is 84.9 Å². The van der Waals surface area contributed by atoms with Crippen LogP contribution in [0.2, 0.25) is 0 Å². The van der Waals surface area contributed by atoms with Crippen molar-refractivity contribution in [1.29, 1.82) is 0 Å². The summed E-state index contributed by atoms with van der Waals surface area (Å²) in [5, 5.41) is 0. The second-order valence-corrected chi connectivity index (χ2v) is 7.73. The van der Waals surface area contributed by atoms with Crippen molar-refractivity contribution in [1.82, 2.24) is 0 Å². The Bertz CT molecular complexity index is 1120. The molecule has 0 amide bonds. The molecule has 0 spiro atoms. The van der Waals surface area contributed by atoms with Crippen LogP contribution in [0.15, 0.2) is 109 Å². The molecule has 0 aliphatic heterocycles. The Hall–Kier alpha value is -3.78. The second kappa shape index (κ2) is 12.3. The van der Waals surface area contributed by atoms with Crippen LogP contribution in [0.3, 0.4) is 0 Å². The number of hydrogen-bond donors (Lipinski definition) is 3. The average molecular weight is 473 g/mol. The molecular formula is C25H23F3N2O2S. The van der Waals surface area contributed by atoms with Crippen molar-refractivity contribution in [3.8, 4) is 22.3 Å². The first-order chi connectivity index (χ1) is 15.7. The lowest BCUT2D eigenvalue weighted by molar-refractivity contribution is -0.0399.